The fraction of sp³-hybridized carbons (Fsp3) is 0. The summed E-state index contributed by atoms with van der Waals surface area (Å²) in [5.74, 6) is -0.827. The number of rotatable bonds is 3. The van der Waals surface area contributed by atoms with Crippen molar-refractivity contribution >= 4 is 23.6 Å². The predicted octanol–water partition coefficient (Wildman–Crippen LogP) is 2.26. The Morgan fingerprint density at radius 1 is 1.59 bits per heavy atom. The molecule has 0 atom stereocenters. The van der Waals surface area contributed by atoms with E-state index in [-0.39, 0.29) is 11.5 Å². The Balaban J connectivity index is 2.66. The van der Waals surface area contributed by atoms with Gasteiger partial charge in [-0.3, -0.25) is 0 Å². The van der Waals surface area contributed by atoms with Crippen LogP contribution in [0, 0.1) is 0 Å². The molecule has 0 spiro atoms. The van der Waals surface area contributed by atoms with E-state index in [1.54, 1.807) is 12.1 Å². The van der Waals surface area contributed by atoms with Gasteiger partial charge in [0.15, 0.2) is 11.5 Å². The van der Waals surface area contributed by atoms with Crippen LogP contribution in [-0.4, -0.2) is 25.8 Å². The summed E-state index contributed by atoms with van der Waals surface area (Å²) < 4.78 is 1.18. The molecular formula is C11H8ClN3O2. The molecule has 0 radical (unpaired) electrons. The molecule has 17 heavy (non-hydrogen) atoms. The van der Waals surface area contributed by atoms with Gasteiger partial charge in [-0.25, -0.2) is 14.5 Å². The fourth-order valence-electron chi connectivity index (χ4n) is 1.35. The largest absolute Gasteiger partial charge is 0.477 e. The van der Waals surface area contributed by atoms with Gasteiger partial charge in [0.25, 0.3) is 0 Å². The number of nitrogens with zero attached hydrogens (tertiary/aromatic N) is 3. The number of carboxylic acids is 1. The lowest BCUT2D eigenvalue weighted by molar-refractivity contribution is 0.0687. The molecule has 0 unspecified atom stereocenters. The highest BCUT2D eigenvalue weighted by Gasteiger charge is 2.16. The smallest absolute Gasteiger partial charge is 0.354 e. The number of carboxylic acid groups (broad SMARTS) is 1. The number of hydrogen-bond donors (Lipinski definition) is 1. The average Bonchev–Trinajstić information content (AvgIpc) is 2.73. The number of pyridine rings is 1. The van der Waals surface area contributed by atoms with Crippen LogP contribution in [0.25, 0.3) is 11.9 Å². The van der Waals surface area contributed by atoms with E-state index in [2.05, 4.69) is 16.7 Å². The van der Waals surface area contributed by atoms with Crippen LogP contribution in [-0.2, 0) is 0 Å². The fourth-order valence-corrected chi connectivity index (χ4v) is 1.55. The minimum Gasteiger partial charge on any atom is -0.477 e. The Morgan fingerprint density at radius 3 is 2.94 bits per heavy atom. The van der Waals surface area contributed by atoms with Gasteiger partial charge in [-0.2, -0.15) is 5.10 Å². The lowest BCUT2D eigenvalue weighted by atomic mass is 10.3. The van der Waals surface area contributed by atoms with Gasteiger partial charge in [-0.15, -0.1) is 0 Å². The highest BCUT2D eigenvalue weighted by Crippen LogP contribution is 2.19. The summed E-state index contributed by atoms with van der Waals surface area (Å²) in [5, 5.41) is 13.4. The van der Waals surface area contributed by atoms with Crippen LogP contribution in [0.5, 0.6) is 0 Å². The summed E-state index contributed by atoms with van der Waals surface area (Å²) in [6.07, 6.45) is 2.97. The SMILES string of the molecule is C=Cc1cc(C(=O)O)n(-c2ncccc2Cl)n1. The van der Waals surface area contributed by atoms with Gasteiger partial charge in [0.2, 0.25) is 0 Å². The molecule has 0 fully saturated rings. The third kappa shape index (κ3) is 2.05. The number of aromatic nitrogens is 3. The zero-order chi connectivity index (χ0) is 12.4. The molecule has 0 aliphatic rings. The predicted molar refractivity (Wildman–Crippen MR) is 63.4 cm³/mol. The summed E-state index contributed by atoms with van der Waals surface area (Å²) >= 11 is 5.95. The minimum absolute atomic E-state index is 0.0134. The summed E-state index contributed by atoms with van der Waals surface area (Å²) in [7, 11) is 0. The maximum Gasteiger partial charge on any atom is 0.354 e. The lowest BCUT2D eigenvalue weighted by Crippen LogP contribution is -2.09. The second kappa shape index (κ2) is 4.39. The summed E-state index contributed by atoms with van der Waals surface area (Å²) in [6, 6.07) is 4.68. The Hall–Kier alpha value is -2.14. The molecule has 1 N–H and O–H groups in total. The van der Waals surface area contributed by atoms with Gasteiger partial charge < -0.3 is 5.11 Å². The van der Waals surface area contributed by atoms with Crippen molar-refractivity contribution in [3.8, 4) is 5.82 Å². The molecule has 6 heteroatoms. The van der Waals surface area contributed by atoms with Gasteiger partial charge in [0.05, 0.1) is 10.7 Å². The number of aromatic carboxylic acids is 1. The van der Waals surface area contributed by atoms with Crippen LogP contribution in [0.3, 0.4) is 0 Å². The second-order valence-electron chi connectivity index (χ2n) is 3.18. The molecule has 0 aliphatic heterocycles. The summed E-state index contributed by atoms with van der Waals surface area (Å²) in [6.45, 7) is 3.54. The second-order valence-corrected chi connectivity index (χ2v) is 3.59. The van der Waals surface area contributed by atoms with Gasteiger partial charge in [0.1, 0.15) is 0 Å². The van der Waals surface area contributed by atoms with E-state index < -0.39 is 5.97 Å². The van der Waals surface area contributed by atoms with E-state index >= 15 is 0 Å². The molecule has 0 saturated carbocycles. The molecule has 0 aromatic carbocycles. The first-order valence-corrected chi connectivity index (χ1v) is 5.08. The van der Waals surface area contributed by atoms with Crippen LogP contribution in [0.15, 0.2) is 31.0 Å². The average molecular weight is 250 g/mol. The molecule has 2 aromatic rings. The molecule has 0 bridgehead atoms. The van der Waals surface area contributed by atoms with Crippen LogP contribution in [0.4, 0.5) is 0 Å². The van der Waals surface area contributed by atoms with Crippen molar-refractivity contribution in [2.45, 2.75) is 0 Å². The monoisotopic (exact) mass is 249 g/mol. The minimum atomic E-state index is -1.10. The number of carbonyl (C=O) groups is 1. The van der Waals surface area contributed by atoms with E-state index in [0.29, 0.717) is 10.7 Å². The molecule has 2 aromatic heterocycles. The van der Waals surface area contributed by atoms with E-state index in [0.717, 1.165) is 0 Å². The molecule has 2 heterocycles. The first-order chi connectivity index (χ1) is 8.13. The van der Waals surface area contributed by atoms with Crippen molar-refractivity contribution in [3.05, 3.63) is 47.4 Å². The van der Waals surface area contributed by atoms with Crippen LogP contribution < -0.4 is 0 Å². The Bertz CT molecular complexity index is 592. The summed E-state index contributed by atoms with van der Waals surface area (Å²) in [5.41, 5.74) is 0.435. The molecule has 0 saturated heterocycles. The van der Waals surface area contributed by atoms with Crippen LogP contribution in [0.2, 0.25) is 5.02 Å². The molecule has 0 amide bonds. The van der Waals surface area contributed by atoms with Gasteiger partial charge in [-0.05, 0) is 24.3 Å². The first kappa shape index (κ1) is 11.3. The van der Waals surface area contributed by atoms with Crippen molar-refractivity contribution in [2.75, 3.05) is 0 Å². The zero-order valence-electron chi connectivity index (χ0n) is 8.67. The van der Waals surface area contributed by atoms with Crippen molar-refractivity contribution in [2.24, 2.45) is 0 Å². The van der Waals surface area contributed by atoms with Crippen molar-refractivity contribution in [1.82, 2.24) is 14.8 Å². The summed E-state index contributed by atoms with van der Waals surface area (Å²) in [4.78, 5) is 15.1. The third-order valence-electron chi connectivity index (χ3n) is 2.10. The highest BCUT2D eigenvalue weighted by atomic mass is 35.5. The van der Waals surface area contributed by atoms with Crippen molar-refractivity contribution in [3.63, 3.8) is 0 Å². The Morgan fingerprint density at radius 2 is 2.35 bits per heavy atom. The highest BCUT2D eigenvalue weighted by molar-refractivity contribution is 6.32. The topological polar surface area (TPSA) is 68.0 Å². The van der Waals surface area contributed by atoms with Gasteiger partial charge in [0, 0.05) is 6.20 Å². The number of halogens is 1. The number of hydrogen-bond acceptors (Lipinski definition) is 3. The standard InChI is InChI=1S/C11H8ClN3O2/c1-2-7-6-9(11(16)17)15(14-7)10-8(12)4-3-5-13-10/h2-6H,1H2,(H,16,17). The maximum atomic E-state index is 11.1. The van der Waals surface area contributed by atoms with Crippen molar-refractivity contribution < 1.29 is 9.90 Å². The quantitative estimate of drug-likeness (QED) is 0.906. The maximum absolute atomic E-state index is 11.1. The molecule has 2 rings (SSSR count). The van der Waals surface area contributed by atoms with E-state index in [1.165, 1.54) is 23.0 Å². The Kier molecular flexibility index (Phi) is 2.93. The van der Waals surface area contributed by atoms with Crippen LogP contribution >= 0.6 is 11.6 Å². The molecule has 5 nitrogen and oxygen atoms in total. The molecular weight excluding hydrogens is 242 g/mol. The molecule has 86 valence electrons. The van der Waals surface area contributed by atoms with E-state index in [9.17, 15) is 4.79 Å². The lowest BCUT2D eigenvalue weighted by Gasteiger charge is -2.04. The normalized spacial score (nSPS) is 10.2. The third-order valence-corrected chi connectivity index (χ3v) is 2.39. The van der Waals surface area contributed by atoms with E-state index in [1.807, 2.05) is 0 Å². The van der Waals surface area contributed by atoms with Gasteiger partial charge >= 0.3 is 5.97 Å². The van der Waals surface area contributed by atoms with E-state index in [4.69, 9.17) is 16.7 Å². The van der Waals surface area contributed by atoms with Crippen molar-refractivity contribution in [1.29, 1.82) is 0 Å². The van der Waals surface area contributed by atoms with Gasteiger partial charge in [-0.1, -0.05) is 18.2 Å². The Labute approximate surface area is 102 Å². The molecule has 0 aliphatic carbocycles. The first-order valence-electron chi connectivity index (χ1n) is 4.70. The van der Waals surface area contributed by atoms with Crippen LogP contribution in [0.1, 0.15) is 16.2 Å². The zero-order valence-corrected chi connectivity index (χ0v) is 9.42.